The number of benzene rings is 1. The minimum atomic E-state index is -0.477. The predicted octanol–water partition coefficient (Wildman–Crippen LogP) is 3.24. The largest absolute Gasteiger partial charge is 0.507 e. The van der Waals surface area contributed by atoms with Gasteiger partial charge in [-0.05, 0) is 20.3 Å². The number of fused-ring (bicyclic) bond motifs is 1. The third kappa shape index (κ3) is 4.99. The van der Waals surface area contributed by atoms with Gasteiger partial charge in [0.05, 0.1) is 24.3 Å². The zero-order valence-corrected chi connectivity index (χ0v) is 18.1. The number of aryl methyl sites for hydroxylation is 1. The molecule has 10 heteroatoms. The van der Waals surface area contributed by atoms with Crippen molar-refractivity contribution in [2.24, 2.45) is 0 Å². The van der Waals surface area contributed by atoms with E-state index in [1.807, 2.05) is 0 Å². The van der Waals surface area contributed by atoms with E-state index in [2.05, 4.69) is 15.5 Å². The molecule has 1 atom stereocenters. The standard InChI is InChI=1S/C19H23N3O5S2/c1-10-15(25-3)7-14(23)12-8-29-9-13(18-20-11(2)22-27-18)21-16(28)5-4-6-26-19(24)17(10)12/h7,13,23H,4-6,8-9H2,1-3H3,(H,21,28)/t13-/m0/s1. The molecule has 0 bridgehead atoms. The number of rotatable bonds is 2. The zero-order chi connectivity index (χ0) is 21.0. The van der Waals surface area contributed by atoms with Crippen molar-refractivity contribution in [3.63, 3.8) is 0 Å². The van der Waals surface area contributed by atoms with E-state index in [4.69, 9.17) is 26.2 Å². The number of ether oxygens (including phenoxy) is 2. The molecule has 8 nitrogen and oxygen atoms in total. The van der Waals surface area contributed by atoms with Crippen molar-refractivity contribution in [1.82, 2.24) is 15.5 Å². The number of carbonyl (C=O) groups is 1. The zero-order valence-electron chi connectivity index (χ0n) is 16.5. The van der Waals surface area contributed by atoms with Gasteiger partial charge in [0.2, 0.25) is 5.89 Å². The number of hydrogen-bond acceptors (Lipinski definition) is 9. The Morgan fingerprint density at radius 1 is 1.41 bits per heavy atom. The first-order valence-corrected chi connectivity index (χ1v) is 10.7. The lowest BCUT2D eigenvalue weighted by molar-refractivity contribution is 0.0499. The fourth-order valence-electron chi connectivity index (χ4n) is 3.08. The summed E-state index contributed by atoms with van der Waals surface area (Å²) in [6, 6.07) is 1.25. The number of thioether (sulfide) groups is 1. The number of esters is 1. The van der Waals surface area contributed by atoms with E-state index in [1.54, 1.807) is 13.8 Å². The molecule has 0 saturated heterocycles. The van der Waals surface area contributed by atoms with Crippen molar-refractivity contribution in [2.75, 3.05) is 19.5 Å². The molecule has 1 aliphatic heterocycles. The summed E-state index contributed by atoms with van der Waals surface area (Å²) in [5.41, 5.74) is 1.49. The monoisotopic (exact) mass is 437 g/mol. The van der Waals surface area contributed by atoms with E-state index >= 15 is 0 Å². The summed E-state index contributed by atoms with van der Waals surface area (Å²) in [7, 11) is 1.50. The molecule has 0 amide bonds. The number of nitrogens with one attached hydrogen (secondary N) is 1. The highest BCUT2D eigenvalue weighted by Crippen LogP contribution is 2.36. The lowest BCUT2D eigenvalue weighted by Gasteiger charge is -2.18. The molecule has 0 aliphatic carbocycles. The molecule has 156 valence electrons. The first kappa shape index (κ1) is 21.4. The van der Waals surface area contributed by atoms with Crippen molar-refractivity contribution in [1.29, 1.82) is 0 Å². The topological polar surface area (TPSA) is 107 Å². The number of cyclic esters (lactones) is 1. The Morgan fingerprint density at radius 2 is 2.21 bits per heavy atom. The van der Waals surface area contributed by atoms with Crippen LogP contribution in [0.2, 0.25) is 0 Å². The number of nitrogens with zero attached hydrogens (tertiary/aromatic N) is 2. The Labute approximate surface area is 178 Å². The fourth-order valence-corrected chi connectivity index (χ4v) is 4.44. The Kier molecular flexibility index (Phi) is 6.96. The average molecular weight is 438 g/mol. The van der Waals surface area contributed by atoms with Gasteiger partial charge in [-0.2, -0.15) is 16.7 Å². The van der Waals surface area contributed by atoms with Crippen LogP contribution in [0.4, 0.5) is 0 Å². The van der Waals surface area contributed by atoms with Crippen molar-refractivity contribution < 1.29 is 23.9 Å². The van der Waals surface area contributed by atoms with E-state index < -0.39 is 5.97 Å². The van der Waals surface area contributed by atoms with Gasteiger partial charge in [-0.1, -0.05) is 17.4 Å². The van der Waals surface area contributed by atoms with Crippen LogP contribution in [0.25, 0.3) is 0 Å². The summed E-state index contributed by atoms with van der Waals surface area (Å²) < 4.78 is 16.1. The first-order valence-electron chi connectivity index (χ1n) is 9.14. The predicted molar refractivity (Wildman–Crippen MR) is 113 cm³/mol. The molecule has 0 fully saturated rings. The van der Waals surface area contributed by atoms with Crippen molar-refractivity contribution in [3.8, 4) is 11.5 Å². The van der Waals surface area contributed by atoms with Gasteiger partial charge in [0.1, 0.15) is 17.5 Å². The number of thiocarbonyl (C=S) groups is 1. The summed E-state index contributed by atoms with van der Waals surface area (Å²) in [5, 5.41) is 17.6. The maximum Gasteiger partial charge on any atom is 0.338 e. The molecule has 29 heavy (non-hydrogen) atoms. The second-order valence-corrected chi connectivity index (χ2v) is 8.15. The first-order chi connectivity index (χ1) is 13.9. The van der Waals surface area contributed by atoms with Crippen molar-refractivity contribution in [2.45, 2.75) is 38.5 Å². The van der Waals surface area contributed by atoms with Crippen LogP contribution in [0.15, 0.2) is 10.6 Å². The normalized spacial score (nSPS) is 18.5. The third-order valence-electron chi connectivity index (χ3n) is 4.54. The summed E-state index contributed by atoms with van der Waals surface area (Å²) >= 11 is 6.93. The highest BCUT2D eigenvalue weighted by molar-refractivity contribution is 7.98. The number of phenolic OH excluding ortho intramolecular Hbond substituents is 1. The minimum Gasteiger partial charge on any atom is -0.507 e. The van der Waals surface area contributed by atoms with E-state index in [-0.39, 0.29) is 18.4 Å². The minimum absolute atomic E-state index is 0.00423. The van der Waals surface area contributed by atoms with Gasteiger partial charge < -0.3 is 24.4 Å². The number of methoxy groups -OCH3 is 1. The van der Waals surface area contributed by atoms with E-state index in [1.165, 1.54) is 24.9 Å². The van der Waals surface area contributed by atoms with Gasteiger partial charge in [0.25, 0.3) is 0 Å². The van der Waals surface area contributed by atoms with Gasteiger partial charge in [-0.15, -0.1) is 0 Å². The Bertz CT molecular complexity index is 915. The van der Waals surface area contributed by atoms with Crippen LogP contribution >= 0.6 is 24.0 Å². The highest BCUT2D eigenvalue weighted by atomic mass is 32.2. The second kappa shape index (κ2) is 9.45. The molecular weight excluding hydrogens is 414 g/mol. The van der Waals surface area contributed by atoms with Crippen molar-refractivity contribution in [3.05, 3.63) is 34.5 Å². The van der Waals surface area contributed by atoms with Crippen molar-refractivity contribution >= 4 is 34.9 Å². The summed E-state index contributed by atoms with van der Waals surface area (Å²) in [6.07, 6.45) is 1.14. The lowest BCUT2D eigenvalue weighted by Crippen LogP contribution is -2.29. The van der Waals surface area contributed by atoms with Crippen LogP contribution in [0, 0.1) is 13.8 Å². The second-order valence-electron chi connectivity index (χ2n) is 6.63. The van der Waals surface area contributed by atoms with Crippen LogP contribution < -0.4 is 10.1 Å². The van der Waals surface area contributed by atoms with Gasteiger partial charge in [-0.25, -0.2) is 4.79 Å². The highest BCUT2D eigenvalue weighted by Gasteiger charge is 2.25. The van der Waals surface area contributed by atoms with E-state index in [9.17, 15) is 9.90 Å². The molecule has 1 aliphatic rings. The molecule has 2 N–H and O–H groups in total. The molecular formula is C19H23N3O5S2. The van der Waals surface area contributed by atoms with Crippen LogP contribution in [0.5, 0.6) is 11.5 Å². The summed E-state index contributed by atoms with van der Waals surface area (Å²) in [4.78, 5) is 17.7. The van der Waals surface area contributed by atoms with E-state index in [0.717, 1.165) is 0 Å². The smallest absolute Gasteiger partial charge is 0.338 e. The van der Waals surface area contributed by atoms with Crippen LogP contribution in [0.3, 0.4) is 0 Å². The average Bonchev–Trinajstić information content (AvgIpc) is 3.12. The van der Waals surface area contributed by atoms with Gasteiger partial charge in [0.15, 0.2) is 5.82 Å². The van der Waals surface area contributed by atoms with Crippen LogP contribution in [0.1, 0.15) is 52.1 Å². The number of aromatic hydroxyl groups is 1. The maximum atomic E-state index is 12.7. The number of aromatic nitrogens is 2. The number of phenols is 1. The van der Waals surface area contributed by atoms with Crippen LogP contribution in [-0.4, -0.2) is 45.7 Å². The lowest BCUT2D eigenvalue weighted by atomic mass is 10.0. The van der Waals surface area contributed by atoms with Crippen LogP contribution in [-0.2, 0) is 10.5 Å². The number of carbonyl (C=O) groups excluding carboxylic acids is 1. The fraction of sp³-hybridized carbons (Fsp3) is 0.474. The molecule has 2 aromatic rings. The van der Waals surface area contributed by atoms with E-state index in [0.29, 0.717) is 63.5 Å². The summed E-state index contributed by atoms with van der Waals surface area (Å²) in [5.74, 6) is 1.90. The SMILES string of the molecule is COc1cc(O)c2c(c1C)C(=O)OCCCC(=S)N[C@H](c1nc(C)no1)CSC2. The Balaban J connectivity index is 1.93. The molecule has 1 aromatic heterocycles. The summed E-state index contributed by atoms with van der Waals surface area (Å²) in [6.45, 7) is 3.75. The molecule has 2 heterocycles. The molecule has 1 aromatic carbocycles. The van der Waals surface area contributed by atoms with Gasteiger partial charge >= 0.3 is 5.97 Å². The molecule has 0 spiro atoms. The molecule has 0 radical (unpaired) electrons. The quantitative estimate of drug-likeness (QED) is 0.537. The Morgan fingerprint density at radius 3 is 2.90 bits per heavy atom. The Hall–Kier alpha value is -2.33. The van der Waals surface area contributed by atoms with Gasteiger partial charge in [-0.3, -0.25) is 0 Å². The number of hydrogen-bond donors (Lipinski definition) is 2. The third-order valence-corrected chi connectivity index (χ3v) is 5.92. The maximum absolute atomic E-state index is 12.7. The van der Waals surface area contributed by atoms with Gasteiger partial charge in [0, 0.05) is 35.1 Å². The molecule has 0 unspecified atom stereocenters. The molecule has 3 rings (SSSR count). The molecule has 0 saturated carbocycles.